The molecule has 0 aromatic carbocycles. The highest BCUT2D eigenvalue weighted by Crippen LogP contribution is 2.37. The first kappa shape index (κ1) is 14.3. The highest BCUT2D eigenvalue weighted by Gasteiger charge is 2.50. The molecule has 0 aromatic heterocycles. The topological polar surface area (TPSA) is 44.8 Å². The molecule has 0 aliphatic carbocycles. The van der Waals surface area contributed by atoms with Crippen molar-refractivity contribution in [3.05, 3.63) is 12.2 Å². The molecular formula is C12H21BO4. The lowest BCUT2D eigenvalue weighted by Crippen LogP contribution is -2.41. The van der Waals surface area contributed by atoms with Crippen molar-refractivity contribution in [3.63, 3.8) is 0 Å². The van der Waals surface area contributed by atoms with Gasteiger partial charge < -0.3 is 14.0 Å². The molecule has 1 heterocycles. The van der Waals surface area contributed by atoms with E-state index in [1.165, 1.54) is 6.08 Å². The second-order valence-electron chi connectivity index (χ2n) is 5.08. The Bertz CT molecular complexity index is 294. The third-order valence-electron chi connectivity index (χ3n) is 3.17. The van der Waals surface area contributed by atoms with Crippen LogP contribution in [0.1, 0.15) is 34.6 Å². The molecule has 0 saturated carbocycles. The third kappa shape index (κ3) is 3.58. The van der Waals surface area contributed by atoms with Gasteiger partial charge in [0.25, 0.3) is 0 Å². The first-order valence-electron chi connectivity index (χ1n) is 5.97. The largest absolute Gasteiger partial charge is 0.463 e. The molecular weight excluding hydrogens is 219 g/mol. The minimum atomic E-state index is -0.330. The monoisotopic (exact) mass is 240 g/mol. The minimum Gasteiger partial charge on any atom is -0.463 e. The zero-order valence-electron chi connectivity index (χ0n) is 11.3. The highest BCUT2D eigenvalue weighted by atomic mass is 16.7. The van der Waals surface area contributed by atoms with Crippen molar-refractivity contribution < 1.29 is 18.8 Å². The lowest BCUT2D eigenvalue weighted by atomic mass is 9.85. The fourth-order valence-electron chi connectivity index (χ4n) is 1.53. The Balaban J connectivity index is 2.44. The Morgan fingerprint density at radius 1 is 1.24 bits per heavy atom. The summed E-state index contributed by atoms with van der Waals surface area (Å²) in [5.41, 5.74) is -0.648. The second-order valence-corrected chi connectivity index (χ2v) is 5.08. The smallest absolute Gasteiger partial charge is 0.461 e. The van der Waals surface area contributed by atoms with Gasteiger partial charge in [0, 0.05) is 12.4 Å². The molecule has 1 aliphatic rings. The van der Waals surface area contributed by atoms with Crippen LogP contribution in [-0.4, -0.2) is 30.9 Å². The summed E-state index contributed by atoms with van der Waals surface area (Å²) in [5.74, 6) is -0.330. The number of hydrogen-bond acceptors (Lipinski definition) is 4. The fraction of sp³-hybridized carbons (Fsp3) is 0.750. The normalized spacial score (nSPS) is 22.1. The predicted octanol–water partition coefficient (Wildman–Crippen LogP) is 2.20. The lowest BCUT2D eigenvalue weighted by molar-refractivity contribution is -0.137. The zero-order valence-corrected chi connectivity index (χ0v) is 11.3. The predicted molar refractivity (Wildman–Crippen MR) is 66.7 cm³/mol. The van der Waals surface area contributed by atoms with E-state index in [-0.39, 0.29) is 24.3 Å². The van der Waals surface area contributed by atoms with Crippen LogP contribution >= 0.6 is 0 Å². The zero-order chi connectivity index (χ0) is 13.1. The molecule has 0 bridgehead atoms. The van der Waals surface area contributed by atoms with Crippen molar-refractivity contribution in [2.75, 3.05) is 6.61 Å². The summed E-state index contributed by atoms with van der Waals surface area (Å²) in [5, 5.41) is 0. The van der Waals surface area contributed by atoms with Gasteiger partial charge in [0.15, 0.2) is 0 Å². The third-order valence-corrected chi connectivity index (χ3v) is 3.17. The SMILES string of the molecule is CCOC(=O)/C=C/CB1OC(C)(C)C(C)(C)O1. The van der Waals surface area contributed by atoms with E-state index >= 15 is 0 Å². The Kier molecular flexibility index (Phi) is 4.39. The summed E-state index contributed by atoms with van der Waals surface area (Å²) in [4.78, 5) is 11.1. The molecule has 0 spiro atoms. The van der Waals surface area contributed by atoms with Crippen molar-refractivity contribution in [1.82, 2.24) is 0 Å². The summed E-state index contributed by atoms with van der Waals surface area (Å²) in [6.07, 6.45) is 3.68. The van der Waals surface area contributed by atoms with Gasteiger partial charge in [0.05, 0.1) is 17.8 Å². The van der Waals surface area contributed by atoms with Crippen LogP contribution in [0.15, 0.2) is 12.2 Å². The molecule has 4 nitrogen and oxygen atoms in total. The van der Waals surface area contributed by atoms with E-state index in [0.29, 0.717) is 12.9 Å². The number of carbonyl (C=O) groups is 1. The van der Waals surface area contributed by atoms with Gasteiger partial charge in [-0.15, -0.1) is 0 Å². The second kappa shape index (κ2) is 5.23. The molecule has 1 fully saturated rings. The van der Waals surface area contributed by atoms with E-state index in [1.54, 1.807) is 13.0 Å². The highest BCUT2D eigenvalue weighted by molar-refractivity contribution is 6.46. The molecule has 1 saturated heterocycles. The van der Waals surface area contributed by atoms with Gasteiger partial charge in [0.2, 0.25) is 0 Å². The molecule has 0 unspecified atom stereocenters. The van der Waals surface area contributed by atoms with Gasteiger partial charge in [-0.1, -0.05) is 6.08 Å². The molecule has 1 rings (SSSR count). The molecule has 17 heavy (non-hydrogen) atoms. The van der Waals surface area contributed by atoms with Crippen molar-refractivity contribution >= 4 is 13.1 Å². The number of allylic oxidation sites excluding steroid dienone is 1. The average Bonchev–Trinajstić information content (AvgIpc) is 2.35. The van der Waals surface area contributed by atoms with Crippen molar-refractivity contribution in [1.29, 1.82) is 0 Å². The Morgan fingerprint density at radius 3 is 2.24 bits per heavy atom. The first-order chi connectivity index (χ1) is 7.78. The van der Waals surface area contributed by atoms with E-state index in [2.05, 4.69) is 0 Å². The molecule has 1 aliphatic heterocycles. The van der Waals surface area contributed by atoms with Crippen LogP contribution in [0, 0.1) is 0 Å². The number of esters is 1. The number of carbonyl (C=O) groups excluding carboxylic acids is 1. The summed E-state index contributed by atoms with van der Waals surface area (Å²) < 4.78 is 16.3. The van der Waals surface area contributed by atoms with Crippen LogP contribution in [0.3, 0.4) is 0 Å². The molecule has 0 aromatic rings. The average molecular weight is 240 g/mol. The summed E-state index contributed by atoms with van der Waals surface area (Å²) in [6.45, 7) is 10.2. The molecule has 0 radical (unpaired) electrons. The standard InChI is InChI=1S/C12H21BO4/c1-6-15-10(14)8-7-9-13-16-11(2,3)12(4,5)17-13/h7-8H,6,9H2,1-5H3/b8-7+. The van der Waals surface area contributed by atoms with Gasteiger partial charge in [0.1, 0.15) is 0 Å². The number of rotatable bonds is 4. The lowest BCUT2D eigenvalue weighted by Gasteiger charge is -2.32. The van der Waals surface area contributed by atoms with Crippen LogP contribution in [-0.2, 0) is 18.8 Å². The van der Waals surface area contributed by atoms with E-state index in [4.69, 9.17) is 14.0 Å². The van der Waals surface area contributed by atoms with Crippen molar-refractivity contribution in [2.24, 2.45) is 0 Å². The first-order valence-corrected chi connectivity index (χ1v) is 5.97. The summed E-state index contributed by atoms with van der Waals surface area (Å²) in [6, 6.07) is 0. The van der Waals surface area contributed by atoms with E-state index in [1.807, 2.05) is 27.7 Å². The van der Waals surface area contributed by atoms with Gasteiger partial charge in [-0.3, -0.25) is 0 Å². The fourth-order valence-corrected chi connectivity index (χ4v) is 1.53. The maximum atomic E-state index is 11.1. The van der Waals surface area contributed by atoms with Crippen molar-refractivity contribution in [3.8, 4) is 0 Å². The van der Waals surface area contributed by atoms with Gasteiger partial charge in [-0.25, -0.2) is 4.79 Å². The number of hydrogen-bond donors (Lipinski definition) is 0. The van der Waals surface area contributed by atoms with Crippen LogP contribution in [0.2, 0.25) is 6.32 Å². The molecule has 96 valence electrons. The molecule has 5 heteroatoms. The van der Waals surface area contributed by atoms with Crippen LogP contribution in [0.4, 0.5) is 0 Å². The Morgan fingerprint density at radius 2 is 1.76 bits per heavy atom. The quantitative estimate of drug-likeness (QED) is 0.429. The van der Waals surface area contributed by atoms with Gasteiger partial charge in [-0.2, -0.15) is 0 Å². The molecule has 0 N–H and O–H groups in total. The van der Waals surface area contributed by atoms with Crippen molar-refractivity contribution in [2.45, 2.75) is 52.1 Å². The Hall–Kier alpha value is -0.805. The van der Waals surface area contributed by atoms with E-state index < -0.39 is 0 Å². The van der Waals surface area contributed by atoms with Crippen LogP contribution < -0.4 is 0 Å². The van der Waals surface area contributed by atoms with Crippen LogP contribution in [0.25, 0.3) is 0 Å². The Labute approximate surface area is 103 Å². The van der Waals surface area contributed by atoms with Gasteiger partial charge in [-0.05, 0) is 34.6 Å². The summed E-state index contributed by atoms with van der Waals surface area (Å²) in [7, 11) is -0.300. The van der Waals surface area contributed by atoms with Gasteiger partial charge >= 0.3 is 13.1 Å². The maximum Gasteiger partial charge on any atom is 0.461 e. The van der Waals surface area contributed by atoms with E-state index in [9.17, 15) is 4.79 Å². The minimum absolute atomic E-state index is 0.300. The molecule has 0 amide bonds. The van der Waals surface area contributed by atoms with Crippen LogP contribution in [0.5, 0.6) is 0 Å². The maximum absolute atomic E-state index is 11.1. The number of ether oxygens (including phenoxy) is 1. The molecule has 0 atom stereocenters. The van der Waals surface area contributed by atoms with E-state index in [0.717, 1.165) is 0 Å². The summed E-state index contributed by atoms with van der Waals surface area (Å²) >= 11 is 0.